The van der Waals surface area contributed by atoms with Crippen molar-refractivity contribution in [2.45, 2.75) is 129 Å². The highest BCUT2D eigenvalue weighted by Gasteiger charge is 2.57. The summed E-state index contributed by atoms with van der Waals surface area (Å²) in [6.45, 7) is 13.4. The molecule has 4 fully saturated rings. The van der Waals surface area contributed by atoms with Gasteiger partial charge in [-0.15, -0.1) is 0 Å². The summed E-state index contributed by atoms with van der Waals surface area (Å²) in [6.07, 6.45) is 5.23. The van der Waals surface area contributed by atoms with Crippen molar-refractivity contribution in [3.63, 3.8) is 0 Å². The van der Waals surface area contributed by atoms with Crippen LogP contribution in [-0.4, -0.2) is 46.2 Å². The standard InChI is InChI=1S/C24H42O5/c1-15-9-21(3,4)13-23(26,11-15)27-17-7-18(25)20-19(8-17)28-24(29-20)12-16(2)10-22(5,6)14-24/h15-20,25-26H,7-14H2,1-6H3. The maximum atomic E-state index is 11.2. The van der Waals surface area contributed by atoms with Gasteiger partial charge in [-0.3, -0.25) is 0 Å². The van der Waals surface area contributed by atoms with E-state index in [1.165, 1.54) is 6.42 Å². The molecule has 1 spiro atoms. The monoisotopic (exact) mass is 410 g/mol. The molecule has 0 aromatic rings. The third-order valence-corrected chi connectivity index (χ3v) is 7.48. The van der Waals surface area contributed by atoms with Gasteiger partial charge in [-0.05, 0) is 35.5 Å². The number of aliphatic hydroxyl groups is 2. The van der Waals surface area contributed by atoms with Gasteiger partial charge in [-0.25, -0.2) is 0 Å². The zero-order valence-corrected chi connectivity index (χ0v) is 19.2. The van der Waals surface area contributed by atoms with Crippen LogP contribution in [0, 0.1) is 22.7 Å². The molecule has 5 nitrogen and oxygen atoms in total. The molecule has 0 aromatic carbocycles. The third-order valence-electron chi connectivity index (χ3n) is 7.48. The van der Waals surface area contributed by atoms with E-state index in [1.807, 2.05) is 0 Å². The van der Waals surface area contributed by atoms with Gasteiger partial charge in [-0.1, -0.05) is 41.5 Å². The topological polar surface area (TPSA) is 68.2 Å². The van der Waals surface area contributed by atoms with Crippen LogP contribution in [0.5, 0.6) is 0 Å². The summed E-state index contributed by atoms with van der Waals surface area (Å²) < 4.78 is 19.3. The Labute approximate surface area is 176 Å². The van der Waals surface area contributed by atoms with Crippen LogP contribution >= 0.6 is 0 Å². The lowest BCUT2D eigenvalue weighted by Gasteiger charge is -2.46. The van der Waals surface area contributed by atoms with Gasteiger partial charge in [0.05, 0.1) is 18.3 Å². The summed E-state index contributed by atoms with van der Waals surface area (Å²) in [5, 5.41) is 22.1. The van der Waals surface area contributed by atoms with Crippen LogP contribution in [0.15, 0.2) is 0 Å². The number of fused-ring (bicyclic) bond motifs is 1. The molecule has 3 aliphatic carbocycles. The van der Waals surface area contributed by atoms with Crippen molar-refractivity contribution in [2.24, 2.45) is 22.7 Å². The van der Waals surface area contributed by atoms with Gasteiger partial charge in [-0.2, -0.15) is 0 Å². The predicted molar refractivity (Wildman–Crippen MR) is 111 cm³/mol. The molecule has 4 aliphatic rings. The minimum Gasteiger partial charge on any atom is -0.390 e. The lowest BCUT2D eigenvalue weighted by molar-refractivity contribution is -0.279. The summed E-state index contributed by atoms with van der Waals surface area (Å²) in [4.78, 5) is 0. The molecule has 5 heteroatoms. The van der Waals surface area contributed by atoms with E-state index >= 15 is 0 Å². The average Bonchev–Trinajstić information content (AvgIpc) is 2.78. The molecule has 0 bridgehead atoms. The molecule has 4 rings (SSSR count). The fourth-order valence-electron chi connectivity index (χ4n) is 7.51. The lowest BCUT2D eigenvalue weighted by Crippen LogP contribution is -2.51. The van der Waals surface area contributed by atoms with Crippen LogP contribution in [-0.2, 0) is 14.2 Å². The van der Waals surface area contributed by atoms with Crippen molar-refractivity contribution >= 4 is 0 Å². The predicted octanol–water partition coefficient (Wildman–Crippen LogP) is 4.39. The normalized spacial score (nSPS) is 51.7. The Morgan fingerprint density at radius 2 is 1.45 bits per heavy atom. The van der Waals surface area contributed by atoms with Gasteiger partial charge in [0.15, 0.2) is 11.6 Å². The van der Waals surface area contributed by atoms with E-state index < -0.39 is 17.7 Å². The Kier molecular flexibility index (Phi) is 5.44. The van der Waals surface area contributed by atoms with Crippen molar-refractivity contribution in [1.82, 2.24) is 0 Å². The minimum atomic E-state index is -1.11. The molecule has 1 aliphatic heterocycles. The molecule has 0 amide bonds. The second-order valence-corrected chi connectivity index (χ2v) is 12.6. The van der Waals surface area contributed by atoms with E-state index in [4.69, 9.17) is 14.2 Å². The fraction of sp³-hybridized carbons (Fsp3) is 1.00. The summed E-state index contributed by atoms with van der Waals surface area (Å²) in [6, 6.07) is 0. The van der Waals surface area contributed by atoms with Crippen molar-refractivity contribution in [3.05, 3.63) is 0 Å². The summed E-state index contributed by atoms with van der Waals surface area (Å²) >= 11 is 0. The third kappa shape index (κ3) is 4.69. The highest BCUT2D eigenvalue weighted by Crippen LogP contribution is 2.52. The zero-order valence-electron chi connectivity index (χ0n) is 19.2. The molecule has 8 unspecified atom stereocenters. The summed E-state index contributed by atoms with van der Waals surface area (Å²) in [5.41, 5.74) is 0.230. The molecule has 0 aromatic heterocycles. The molecule has 29 heavy (non-hydrogen) atoms. The van der Waals surface area contributed by atoms with E-state index in [0.29, 0.717) is 37.5 Å². The second kappa shape index (κ2) is 7.16. The zero-order chi connectivity index (χ0) is 21.2. The van der Waals surface area contributed by atoms with Crippen molar-refractivity contribution in [3.8, 4) is 0 Å². The molecule has 3 saturated carbocycles. The van der Waals surface area contributed by atoms with Crippen LogP contribution in [0.2, 0.25) is 0 Å². The quantitative estimate of drug-likeness (QED) is 0.661. The van der Waals surface area contributed by atoms with E-state index in [9.17, 15) is 10.2 Å². The van der Waals surface area contributed by atoms with E-state index in [2.05, 4.69) is 41.5 Å². The van der Waals surface area contributed by atoms with E-state index in [-0.39, 0.29) is 29.1 Å². The maximum absolute atomic E-state index is 11.2. The Morgan fingerprint density at radius 1 is 0.828 bits per heavy atom. The smallest absolute Gasteiger partial charge is 0.170 e. The van der Waals surface area contributed by atoms with Gasteiger partial charge in [0, 0.05) is 38.5 Å². The fourth-order valence-corrected chi connectivity index (χ4v) is 7.51. The van der Waals surface area contributed by atoms with Gasteiger partial charge < -0.3 is 24.4 Å². The Hall–Kier alpha value is -0.200. The number of rotatable bonds is 2. The van der Waals surface area contributed by atoms with E-state index in [1.54, 1.807) is 0 Å². The molecular weight excluding hydrogens is 368 g/mol. The first-order valence-electron chi connectivity index (χ1n) is 11.7. The average molecular weight is 411 g/mol. The number of hydrogen-bond acceptors (Lipinski definition) is 5. The summed E-state index contributed by atoms with van der Waals surface area (Å²) in [5.74, 6) is -0.735. The lowest BCUT2D eigenvalue weighted by atomic mass is 9.70. The van der Waals surface area contributed by atoms with Gasteiger partial charge in [0.2, 0.25) is 0 Å². The molecule has 1 saturated heterocycles. The van der Waals surface area contributed by atoms with Crippen LogP contribution < -0.4 is 0 Å². The van der Waals surface area contributed by atoms with Crippen molar-refractivity contribution < 1.29 is 24.4 Å². The second-order valence-electron chi connectivity index (χ2n) is 12.6. The van der Waals surface area contributed by atoms with Crippen LogP contribution in [0.4, 0.5) is 0 Å². The van der Waals surface area contributed by atoms with Gasteiger partial charge in [0.1, 0.15) is 6.10 Å². The molecule has 0 radical (unpaired) electrons. The van der Waals surface area contributed by atoms with Crippen molar-refractivity contribution in [2.75, 3.05) is 0 Å². The molecule has 2 N–H and O–H groups in total. The molecular formula is C24H42O5. The maximum Gasteiger partial charge on any atom is 0.170 e. The van der Waals surface area contributed by atoms with Gasteiger partial charge >= 0.3 is 0 Å². The largest absolute Gasteiger partial charge is 0.390 e. The molecule has 168 valence electrons. The first-order chi connectivity index (χ1) is 13.3. The highest BCUT2D eigenvalue weighted by atomic mass is 16.8. The van der Waals surface area contributed by atoms with Crippen LogP contribution in [0.3, 0.4) is 0 Å². The number of aliphatic hydroxyl groups excluding tert-OH is 1. The Bertz CT molecular complexity index is 618. The number of hydrogen-bond donors (Lipinski definition) is 2. The highest BCUT2D eigenvalue weighted by molar-refractivity contribution is 5.01. The SMILES string of the molecule is CC1CC(C)(C)CC(O)(OC2CC(O)C3OC4(CC(C)CC(C)(C)C4)OC3C2)C1. The summed E-state index contributed by atoms with van der Waals surface area (Å²) in [7, 11) is 0. The van der Waals surface area contributed by atoms with Crippen molar-refractivity contribution in [1.29, 1.82) is 0 Å². The number of ether oxygens (including phenoxy) is 3. The van der Waals surface area contributed by atoms with E-state index in [0.717, 1.165) is 19.3 Å². The molecule has 1 heterocycles. The Morgan fingerprint density at radius 3 is 2.07 bits per heavy atom. The minimum absolute atomic E-state index is 0.0586. The molecule has 8 atom stereocenters. The van der Waals surface area contributed by atoms with Crippen LogP contribution in [0.25, 0.3) is 0 Å². The van der Waals surface area contributed by atoms with Crippen LogP contribution in [0.1, 0.15) is 92.9 Å². The first kappa shape index (κ1) is 22.0. The first-order valence-corrected chi connectivity index (χ1v) is 11.7. The Balaban J connectivity index is 1.45. The van der Waals surface area contributed by atoms with Gasteiger partial charge in [0.25, 0.3) is 0 Å².